The van der Waals surface area contributed by atoms with Gasteiger partial charge in [0.15, 0.2) is 0 Å². The van der Waals surface area contributed by atoms with Gasteiger partial charge in [-0.15, -0.1) is 0 Å². The van der Waals surface area contributed by atoms with Crippen LogP contribution in [0.15, 0.2) is 89.3 Å². The van der Waals surface area contributed by atoms with E-state index in [1.807, 2.05) is 12.1 Å². The molecule has 0 radical (unpaired) electrons. The fourth-order valence-electron chi connectivity index (χ4n) is 8.25. The second-order valence-electron chi connectivity index (χ2n) is 14.3. The number of para-hydroxylation sites is 1. The van der Waals surface area contributed by atoms with Crippen molar-refractivity contribution in [2.75, 3.05) is 43.9 Å². The first kappa shape index (κ1) is 32.7. The highest BCUT2D eigenvalue weighted by Crippen LogP contribution is 2.45. The molecule has 2 aliphatic rings. The third kappa shape index (κ3) is 7.98. The van der Waals surface area contributed by atoms with Crippen LogP contribution in [-0.4, -0.2) is 43.6 Å². The van der Waals surface area contributed by atoms with Crippen molar-refractivity contribution in [2.24, 2.45) is 23.7 Å². The summed E-state index contributed by atoms with van der Waals surface area (Å²) in [7, 11) is 4.42. The lowest BCUT2D eigenvalue weighted by molar-refractivity contribution is 0.137. The first-order valence-electron chi connectivity index (χ1n) is 17.3. The summed E-state index contributed by atoms with van der Waals surface area (Å²) >= 11 is 6.25. The number of nitrogens with zero attached hydrogens (tertiary/aromatic N) is 3. The van der Waals surface area contributed by atoms with Gasteiger partial charge in [0.25, 0.3) is 0 Å². The first-order chi connectivity index (χ1) is 22.3. The fourth-order valence-corrected chi connectivity index (χ4v) is 8.38. The molecule has 1 aromatic heterocycles. The molecule has 4 unspecified atom stereocenters. The number of halogens is 1. The zero-order chi connectivity index (χ0) is 32.0. The Morgan fingerprint density at radius 1 is 0.848 bits per heavy atom. The zero-order valence-corrected chi connectivity index (χ0v) is 28.8. The van der Waals surface area contributed by atoms with Gasteiger partial charge in [-0.3, -0.25) is 0 Å². The molecule has 1 saturated heterocycles. The van der Waals surface area contributed by atoms with E-state index in [2.05, 4.69) is 116 Å². The van der Waals surface area contributed by atoms with E-state index >= 15 is 0 Å². The number of anilines is 2. The second kappa shape index (κ2) is 15.1. The van der Waals surface area contributed by atoms with Gasteiger partial charge in [-0.05, 0) is 105 Å². The van der Waals surface area contributed by atoms with Crippen LogP contribution in [0.2, 0.25) is 5.02 Å². The summed E-state index contributed by atoms with van der Waals surface area (Å²) in [5.41, 5.74) is 4.86. The number of rotatable bonds is 11. The normalized spacial score (nSPS) is 23.3. The smallest absolute Gasteiger partial charge is 0.219 e. The lowest BCUT2D eigenvalue weighted by Crippen LogP contribution is -2.39. The van der Waals surface area contributed by atoms with Gasteiger partial charge in [0.2, 0.25) is 11.8 Å². The van der Waals surface area contributed by atoms with E-state index in [0.717, 1.165) is 67.1 Å². The third-order valence-electron chi connectivity index (χ3n) is 10.3. The van der Waals surface area contributed by atoms with Crippen LogP contribution in [0.25, 0.3) is 0 Å². The topological polar surface area (TPSA) is 44.5 Å². The van der Waals surface area contributed by atoms with Crippen LogP contribution in [0.5, 0.6) is 0 Å². The molecule has 2 heterocycles. The zero-order valence-electron chi connectivity index (χ0n) is 28.0. The number of oxazole rings is 1. The highest BCUT2D eigenvalue weighted by molar-refractivity contribution is 6.30. The predicted molar refractivity (Wildman–Crippen MR) is 192 cm³/mol. The molecular formula is C40H51ClN4O. The van der Waals surface area contributed by atoms with Crippen molar-refractivity contribution in [3.63, 3.8) is 0 Å². The van der Waals surface area contributed by atoms with E-state index in [0.29, 0.717) is 29.7 Å². The molecule has 3 aromatic carbocycles. The largest absolute Gasteiger partial charge is 0.424 e. The van der Waals surface area contributed by atoms with Crippen molar-refractivity contribution < 1.29 is 4.42 Å². The highest BCUT2D eigenvalue weighted by Gasteiger charge is 2.37. The van der Waals surface area contributed by atoms with Gasteiger partial charge < -0.3 is 19.5 Å². The van der Waals surface area contributed by atoms with E-state index in [9.17, 15) is 0 Å². The van der Waals surface area contributed by atoms with Crippen LogP contribution in [0, 0.1) is 23.7 Å². The van der Waals surface area contributed by atoms with Gasteiger partial charge in [-0.1, -0.05) is 86.1 Å². The second-order valence-corrected chi connectivity index (χ2v) is 14.7. The molecule has 1 N–H and O–H groups in total. The third-order valence-corrected chi connectivity index (χ3v) is 10.5. The average molecular weight is 639 g/mol. The van der Waals surface area contributed by atoms with Crippen LogP contribution < -0.4 is 10.2 Å². The highest BCUT2D eigenvalue weighted by atomic mass is 35.5. The van der Waals surface area contributed by atoms with Gasteiger partial charge in [0, 0.05) is 42.8 Å². The summed E-state index contributed by atoms with van der Waals surface area (Å²) in [6.45, 7) is 7.59. The molecular weight excluding hydrogens is 588 g/mol. The summed E-state index contributed by atoms with van der Waals surface area (Å²) < 4.78 is 6.97. The SMILES string of the molecule is CC1CC(C)CN(c2oc(C(CNc3ccccc3)C3CCC(C(c4ccc(Cl)cc4)N(C)C)CC3)nc2Cc2ccccc2)C1. The first-order valence-corrected chi connectivity index (χ1v) is 17.7. The molecule has 46 heavy (non-hydrogen) atoms. The Kier molecular flexibility index (Phi) is 10.7. The Hall–Kier alpha value is -3.28. The van der Waals surface area contributed by atoms with Gasteiger partial charge in [-0.2, -0.15) is 0 Å². The van der Waals surface area contributed by atoms with E-state index in [1.165, 1.54) is 30.4 Å². The molecule has 4 atom stereocenters. The Morgan fingerprint density at radius 3 is 2.09 bits per heavy atom. The molecule has 6 rings (SSSR count). The number of piperidine rings is 1. The van der Waals surface area contributed by atoms with Crippen LogP contribution in [-0.2, 0) is 6.42 Å². The van der Waals surface area contributed by atoms with E-state index in [-0.39, 0.29) is 5.92 Å². The molecule has 2 fully saturated rings. The van der Waals surface area contributed by atoms with Crippen molar-refractivity contribution >= 4 is 23.2 Å². The summed E-state index contributed by atoms with van der Waals surface area (Å²) in [6, 6.07) is 30.2. The number of hydrogen-bond donors (Lipinski definition) is 1. The average Bonchev–Trinajstić information content (AvgIpc) is 3.46. The maximum Gasteiger partial charge on any atom is 0.219 e. The van der Waals surface area contributed by atoms with Crippen molar-refractivity contribution in [3.05, 3.63) is 113 Å². The van der Waals surface area contributed by atoms with Crippen molar-refractivity contribution in [1.82, 2.24) is 9.88 Å². The molecule has 1 saturated carbocycles. The Labute approximate surface area is 281 Å². The number of aromatic nitrogens is 1. The summed E-state index contributed by atoms with van der Waals surface area (Å²) in [5.74, 6) is 4.45. The molecule has 0 spiro atoms. The lowest BCUT2D eigenvalue weighted by Gasteiger charge is -2.39. The molecule has 244 valence electrons. The maximum absolute atomic E-state index is 6.97. The molecule has 0 amide bonds. The quantitative estimate of drug-likeness (QED) is 0.177. The molecule has 1 aliphatic heterocycles. The van der Waals surface area contributed by atoms with Gasteiger partial charge in [-0.25, -0.2) is 4.98 Å². The molecule has 1 aliphatic carbocycles. The lowest BCUT2D eigenvalue weighted by atomic mass is 9.72. The molecule has 5 nitrogen and oxygen atoms in total. The van der Waals surface area contributed by atoms with Gasteiger partial charge >= 0.3 is 0 Å². The maximum atomic E-state index is 6.97. The summed E-state index contributed by atoms with van der Waals surface area (Å²) in [4.78, 5) is 10.3. The van der Waals surface area contributed by atoms with Crippen LogP contribution in [0.3, 0.4) is 0 Å². The van der Waals surface area contributed by atoms with Gasteiger partial charge in [0.05, 0.1) is 5.92 Å². The van der Waals surface area contributed by atoms with Gasteiger partial charge in [0.1, 0.15) is 5.69 Å². The van der Waals surface area contributed by atoms with Crippen molar-refractivity contribution in [3.8, 4) is 0 Å². The number of nitrogens with one attached hydrogen (secondary N) is 1. The Bertz CT molecular complexity index is 1490. The minimum atomic E-state index is 0.192. The van der Waals surface area contributed by atoms with E-state index in [4.69, 9.17) is 21.0 Å². The minimum absolute atomic E-state index is 0.192. The molecule has 6 heteroatoms. The van der Waals surface area contributed by atoms with Crippen molar-refractivity contribution in [1.29, 1.82) is 0 Å². The van der Waals surface area contributed by atoms with Crippen LogP contribution >= 0.6 is 11.6 Å². The van der Waals surface area contributed by atoms with Crippen LogP contribution in [0.4, 0.5) is 11.6 Å². The predicted octanol–water partition coefficient (Wildman–Crippen LogP) is 9.71. The van der Waals surface area contributed by atoms with Crippen molar-refractivity contribution in [2.45, 2.75) is 64.3 Å². The number of hydrogen-bond acceptors (Lipinski definition) is 5. The summed E-state index contributed by atoms with van der Waals surface area (Å²) in [6.07, 6.45) is 6.74. The summed E-state index contributed by atoms with van der Waals surface area (Å²) in [5, 5.41) is 4.56. The standard InChI is InChI=1S/C40H51ClN4O/c1-28-23-29(2)27-45(26-28)40-37(24-30-11-7-5-8-12-30)43-39(46-40)36(25-42-35-13-9-6-10-14-35)31-15-17-32(18-16-31)38(44(3)4)33-19-21-34(41)22-20-33/h5-14,19-22,28-29,31-32,36,38,42H,15-18,23-27H2,1-4H3. The van der Waals surface area contributed by atoms with E-state index in [1.54, 1.807) is 0 Å². The fraction of sp³-hybridized carbons (Fsp3) is 0.475. The Morgan fingerprint density at radius 2 is 1.46 bits per heavy atom. The number of benzene rings is 3. The van der Waals surface area contributed by atoms with Crippen LogP contribution in [0.1, 0.15) is 80.6 Å². The van der Waals surface area contributed by atoms with E-state index < -0.39 is 0 Å². The minimum Gasteiger partial charge on any atom is -0.424 e. The molecule has 0 bridgehead atoms. The monoisotopic (exact) mass is 638 g/mol. The molecule has 4 aromatic rings. The Balaban J connectivity index is 1.28.